The molecule has 0 rings (SSSR count). The Morgan fingerprint density at radius 3 is 2.09 bits per heavy atom. The molecule has 0 amide bonds. The summed E-state index contributed by atoms with van der Waals surface area (Å²) in [6.45, 7) is 9.79. The lowest BCUT2D eigenvalue weighted by Crippen LogP contribution is -1.67. The van der Waals surface area contributed by atoms with Gasteiger partial charge in [-0.25, -0.2) is 0 Å². The van der Waals surface area contributed by atoms with Crippen molar-refractivity contribution < 1.29 is 0 Å². The van der Waals surface area contributed by atoms with Gasteiger partial charge >= 0.3 is 0 Å². The molecule has 60 valence electrons. The smallest absolute Gasteiger partial charge is 0.0398 e. The third kappa shape index (κ3) is 5.41. The van der Waals surface area contributed by atoms with Crippen LogP contribution in [0.25, 0.3) is 0 Å². The van der Waals surface area contributed by atoms with E-state index in [0.29, 0.717) is 0 Å². The van der Waals surface area contributed by atoms with Crippen molar-refractivity contribution in [3.63, 3.8) is 0 Å². The van der Waals surface area contributed by atoms with Crippen molar-refractivity contribution in [3.05, 3.63) is 48.1 Å². The molecule has 0 fully saturated rings. The monoisotopic (exact) mass is 148 g/mol. The molecule has 0 unspecified atom stereocenters. The lowest BCUT2D eigenvalue weighted by molar-refractivity contribution is 1.47. The van der Waals surface area contributed by atoms with Crippen molar-refractivity contribution in [2.45, 2.75) is 20.8 Å². The van der Waals surface area contributed by atoms with Crippen LogP contribution in [0.4, 0.5) is 0 Å². The molecule has 0 aliphatic rings. The molecule has 0 saturated heterocycles. The van der Waals surface area contributed by atoms with Gasteiger partial charge in [-0.1, -0.05) is 48.1 Å². The molecule has 11 heavy (non-hydrogen) atoms. The Morgan fingerprint density at radius 2 is 1.64 bits per heavy atom. The molecule has 0 aliphatic heterocycles. The number of rotatable bonds is 3. The Bertz CT molecular complexity index is 202. The lowest BCUT2D eigenvalue weighted by atomic mass is 10.2. The van der Waals surface area contributed by atoms with Gasteiger partial charge in [0.2, 0.25) is 0 Å². The van der Waals surface area contributed by atoms with Gasteiger partial charge in [-0.3, -0.25) is 0 Å². The fraction of sp³-hybridized carbons (Fsp3) is 0.273. The molecule has 0 N–H and O–H groups in total. The zero-order valence-electron chi connectivity index (χ0n) is 7.59. The Morgan fingerprint density at radius 1 is 1.09 bits per heavy atom. The predicted octanol–water partition coefficient (Wildman–Crippen LogP) is 3.64. The first-order valence-electron chi connectivity index (χ1n) is 3.81. The van der Waals surface area contributed by atoms with Crippen LogP contribution in [0.5, 0.6) is 0 Å². The standard InChI is InChI=1S/C11H16/c1-5-7-11(4)9-8-10(3)6-2/h5-9H,2H2,1,3-4H3. The molecule has 0 spiro atoms. The van der Waals surface area contributed by atoms with Gasteiger partial charge in [-0.2, -0.15) is 0 Å². The van der Waals surface area contributed by atoms with Gasteiger partial charge in [-0.15, -0.1) is 0 Å². The number of allylic oxidation sites excluding steroid dienone is 7. The first-order valence-corrected chi connectivity index (χ1v) is 3.81. The molecule has 0 heterocycles. The second kappa shape index (κ2) is 5.72. The van der Waals surface area contributed by atoms with E-state index in [4.69, 9.17) is 0 Å². The normalized spacial score (nSPS) is 14.1. The van der Waals surface area contributed by atoms with Crippen LogP contribution >= 0.6 is 0 Å². The van der Waals surface area contributed by atoms with Crippen molar-refractivity contribution in [1.29, 1.82) is 0 Å². The van der Waals surface area contributed by atoms with Crippen LogP contribution in [0.1, 0.15) is 20.8 Å². The summed E-state index contributed by atoms with van der Waals surface area (Å²) in [5, 5.41) is 0. The summed E-state index contributed by atoms with van der Waals surface area (Å²) >= 11 is 0. The average Bonchev–Trinajstić information content (AvgIpc) is 2.01. The van der Waals surface area contributed by atoms with E-state index < -0.39 is 0 Å². The lowest BCUT2D eigenvalue weighted by Gasteiger charge is -1.88. The van der Waals surface area contributed by atoms with Crippen LogP contribution in [-0.2, 0) is 0 Å². The van der Waals surface area contributed by atoms with Crippen molar-refractivity contribution >= 4 is 0 Å². The predicted molar refractivity (Wildman–Crippen MR) is 52.5 cm³/mol. The molecule has 0 heteroatoms. The van der Waals surface area contributed by atoms with Gasteiger partial charge in [0, 0.05) is 0 Å². The Balaban J connectivity index is 4.21. The van der Waals surface area contributed by atoms with Crippen LogP contribution in [-0.4, -0.2) is 0 Å². The van der Waals surface area contributed by atoms with Crippen LogP contribution in [0.2, 0.25) is 0 Å². The first-order chi connectivity index (χ1) is 5.20. The third-order valence-corrected chi connectivity index (χ3v) is 1.36. The van der Waals surface area contributed by atoms with Gasteiger partial charge in [0.25, 0.3) is 0 Å². The van der Waals surface area contributed by atoms with Gasteiger partial charge in [0.15, 0.2) is 0 Å². The maximum absolute atomic E-state index is 3.67. The molecule has 0 nitrogen and oxygen atoms in total. The molecule has 0 aromatic rings. The Kier molecular flexibility index (Phi) is 5.18. The minimum atomic E-state index is 1.19. The zero-order valence-corrected chi connectivity index (χ0v) is 7.59. The second-order valence-electron chi connectivity index (χ2n) is 2.53. The second-order valence-corrected chi connectivity index (χ2v) is 2.53. The topological polar surface area (TPSA) is 0 Å². The fourth-order valence-corrected chi connectivity index (χ4v) is 0.649. The largest absolute Gasteiger partial charge is 0.0988 e. The van der Waals surface area contributed by atoms with Gasteiger partial charge in [-0.05, 0) is 20.8 Å². The van der Waals surface area contributed by atoms with E-state index >= 15 is 0 Å². The van der Waals surface area contributed by atoms with Crippen LogP contribution in [0.15, 0.2) is 48.1 Å². The summed E-state index contributed by atoms with van der Waals surface area (Å²) < 4.78 is 0. The zero-order chi connectivity index (χ0) is 8.69. The summed E-state index contributed by atoms with van der Waals surface area (Å²) in [7, 11) is 0. The maximum atomic E-state index is 3.67. The highest BCUT2D eigenvalue weighted by Gasteiger charge is 1.78. The molecular formula is C11H16. The minimum absolute atomic E-state index is 1.19. The van der Waals surface area contributed by atoms with E-state index in [1.807, 2.05) is 26.0 Å². The molecule has 0 bridgehead atoms. The molecular weight excluding hydrogens is 132 g/mol. The maximum Gasteiger partial charge on any atom is -0.0398 e. The number of hydrogen-bond acceptors (Lipinski definition) is 0. The molecule has 0 atom stereocenters. The summed E-state index contributed by atoms with van der Waals surface area (Å²) in [6.07, 6.45) is 10.1. The highest BCUT2D eigenvalue weighted by Crippen LogP contribution is 1.99. The van der Waals surface area contributed by atoms with E-state index in [1.54, 1.807) is 0 Å². The fourth-order valence-electron chi connectivity index (χ4n) is 0.649. The molecule has 0 aliphatic carbocycles. The van der Waals surface area contributed by atoms with Gasteiger partial charge in [0.05, 0.1) is 0 Å². The summed E-state index contributed by atoms with van der Waals surface area (Å²) in [5.41, 5.74) is 2.45. The van der Waals surface area contributed by atoms with E-state index in [0.717, 1.165) is 0 Å². The van der Waals surface area contributed by atoms with Crippen molar-refractivity contribution in [2.75, 3.05) is 0 Å². The first kappa shape index (κ1) is 9.96. The van der Waals surface area contributed by atoms with Gasteiger partial charge in [0.1, 0.15) is 0 Å². The summed E-state index contributed by atoms with van der Waals surface area (Å²) in [4.78, 5) is 0. The molecule has 0 aromatic carbocycles. The molecule has 0 radical (unpaired) electrons. The Hall–Kier alpha value is -1.04. The summed E-state index contributed by atoms with van der Waals surface area (Å²) in [5.74, 6) is 0. The quantitative estimate of drug-likeness (QED) is 0.536. The van der Waals surface area contributed by atoms with E-state index in [2.05, 4.69) is 31.7 Å². The van der Waals surface area contributed by atoms with Crippen molar-refractivity contribution in [2.24, 2.45) is 0 Å². The molecule has 0 saturated carbocycles. The third-order valence-electron chi connectivity index (χ3n) is 1.36. The SMILES string of the molecule is C=CC(C)=CC=C(C)C=CC. The minimum Gasteiger partial charge on any atom is -0.0988 e. The van der Waals surface area contributed by atoms with Crippen LogP contribution < -0.4 is 0 Å². The Labute approximate surface area is 69.6 Å². The van der Waals surface area contributed by atoms with Crippen LogP contribution in [0.3, 0.4) is 0 Å². The molecule has 0 aromatic heterocycles. The van der Waals surface area contributed by atoms with E-state index in [9.17, 15) is 0 Å². The van der Waals surface area contributed by atoms with E-state index in [-0.39, 0.29) is 0 Å². The van der Waals surface area contributed by atoms with Crippen molar-refractivity contribution in [3.8, 4) is 0 Å². The number of hydrogen-bond donors (Lipinski definition) is 0. The highest BCUT2D eigenvalue weighted by atomic mass is 13.8. The van der Waals surface area contributed by atoms with Crippen molar-refractivity contribution in [1.82, 2.24) is 0 Å². The van der Waals surface area contributed by atoms with Gasteiger partial charge < -0.3 is 0 Å². The average molecular weight is 148 g/mol. The summed E-state index contributed by atoms with van der Waals surface area (Å²) in [6, 6.07) is 0. The highest BCUT2D eigenvalue weighted by molar-refractivity contribution is 5.26. The van der Waals surface area contributed by atoms with Crippen LogP contribution in [0, 0.1) is 0 Å². The van der Waals surface area contributed by atoms with E-state index in [1.165, 1.54) is 11.1 Å².